The van der Waals surface area contributed by atoms with Gasteiger partial charge in [-0.3, -0.25) is 19.4 Å². The van der Waals surface area contributed by atoms with Gasteiger partial charge in [-0.1, -0.05) is 30.3 Å². The SMILES string of the molecule is C#CC[C@@H]1C[C@@H](CN2CCN(C(C)(C)c3ncc(-c4ccccc4)o3)CC2)OC1=O.O=CNCC(F)(F)F. The van der Waals surface area contributed by atoms with Gasteiger partial charge in [-0.05, 0) is 20.3 Å². The number of piperazine rings is 1. The van der Waals surface area contributed by atoms with Crippen LogP contribution < -0.4 is 5.32 Å². The van der Waals surface area contributed by atoms with Crippen LogP contribution >= 0.6 is 0 Å². The molecule has 11 heteroatoms. The smallest absolute Gasteiger partial charge is 0.405 e. The summed E-state index contributed by atoms with van der Waals surface area (Å²) < 4.78 is 44.7. The second-order valence-electron chi connectivity index (χ2n) is 9.76. The molecule has 2 aliphatic rings. The fourth-order valence-corrected chi connectivity index (χ4v) is 4.51. The average molecular weight is 535 g/mol. The second kappa shape index (κ2) is 12.9. The van der Waals surface area contributed by atoms with Crippen LogP contribution in [0.1, 0.15) is 32.6 Å². The molecule has 0 saturated carbocycles. The molecule has 1 amide bonds. The number of alkyl halides is 3. The molecule has 38 heavy (non-hydrogen) atoms. The molecule has 0 bridgehead atoms. The number of terminal acetylenes is 1. The maximum absolute atomic E-state index is 11.9. The number of esters is 1. The number of nitrogens with one attached hydrogen (secondary N) is 1. The molecule has 0 spiro atoms. The number of benzene rings is 1. The van der Waals surface area contributed by atoms with E-state index in [9.17, 15) is 22.8 Å². The maximum atomic E-state index is 11.9. The van der Waals surface area contributed by atoms with Gasteiger partial charge in [0.05, 0.1) is 17.7 Å². The van der Waals surface area contributed by atoms with E-state index in [1.165, 1.54) is 5.32 Å². The van der Waals surface area contributed by atoms with Crippen molar-refractivity contribution < 1.29 is 31.9 Å². The summed E-state index contributed by atoms with van der Waals surface area (Å²) >= 11 is 0. The molecule has 1 N–H and O–H groups in total. The van der Waals surface area contributed by atoms with E-state index in [1.54, 1.807) is 0 Å². The fraction of sp³-hybridized carbons (Fsp3) is 0.519. The molecule has 2 atom stereocenters. The summed E-state index contributed by atoms with van der Waals surface area (Å²) in [6.45, 7) is 7.50. The molecule has 2 saturated heterocycles. The highest BCUT2D eigenvalue weighted by Gasteiger charge is 2.38. The number of cyclic esters (lactones) is 1. The van der Waals surface area contributed by atoms with Crippen molar-refractivity contribution in [1.82, 2.24) is 20.1 Å². The molecule has 4 rings (SSSR count). The van der Waals surface area contributed by atoms with Crippen LogP contribution in [0, 0.1) is 18.3 Å². The Morgan fingerprint density at radius 2 is 1.87 bits per heavy atom. The molecule has 0 aliphatic carbocycles. The highest BCUT2D eigenvalue weighted by Crippen LogP contribution is 2.32. The van der Waals surface area contributed by atoms with Crippen LogP contribution in [-0.4, -0.2) is 78.7 Å². The molecular weight excluding hydrogens is 501 g/mol. The first kappa shape index (κ1) is 29.2. The van der Waals surface area contributed by atoms with Gasteiger partial charge >= 0.3 is 12.1 Å². The van der Waals surface area contributed by atoms with Gasteiger partial charge in [0.2, 0.25) is 12.3 Å². The van der Waals surface area contributed by atoms with Crippen molar-refractivity contribution in [3.8, 4) is 23.7 Å². The first-order valence-corrected chi connectivity index (χ1v) is 12.4. The predicted molar refractivity (Wildman–Crippen MR) is 135 cm³/mol. The van der Waals surface area contributed by atoms with Gasteiger partial charge in [0.25, 0.3) is 0 Å². The third kappa shape index (κ3) is 8.07. The van der Waals surface area contributed by atoms with Crippen molar-refractivity contribution >= 4 is 12.4 Å². The van der Waals surface area contributed by atoms with E-state index in [-0.39, 0.29) is 29.9 Å². The van der Waals surface area contributed by atoms with Crippen molar-refractivity contribution in [1.29, 1.82) is 0 Å². The van der Waals surface area contributed by atoms with Crippen LogP contribution in [0.25, 0.3) is 11.3 Å². The third-order valence-electron chi connectivity index (χ3n) is 6.63. The lowest BCUT2D eigenvalue weighted by atomic mass is 10.0. The van der Waals surface area contributed by atoms with Crippen LogP contribution in [0.5, 0.6) is 0 Å². The van der Waals surface area contributed by atoms with E-state index in [4.69, 9.17) is 15.6 Å². The summed E-state index contributed by atoms with van der Waals surface area (Å²) in [7, 11) is 0. The zero-order valence-electron chi connectivity index (χ0n) is 21.5. The van der Waals surface area contributed by atoms with E-state index < -0.39 is 12.7 Å². The van der Waals surface area contributed by atoms with E-state index in [0.29, 0.717) is 6.42 Å². The third-order valence-corrected chi connectivity index (χ3v) is 6.63. The second-order valence-corrected chi connectivity index (χ2v) is 9.76. The normalized spacial score (nSPS) is 20.7. The minimum Gasteiger partial charge on any atom is -0.461 e. The Bertz CT molecular complexity index is 1090. The van der Waals surface area contributed by atoms with E-state index in [1.807, 2.05) is 36.5 Å². The topological polar surface area (TPSA) is 87.9 Å². The molecule has 1 aromatic carbocycles. The molecular formula is C27H33F3N4O4. The van der Waals surface area contributed by atoms with Crippen LogP contribution in [-0.2, 0) is 19.9 Å². The molecule has 3 heterocycles. The van der Waals surface area contributed by atoms with E-state index >= 15 is 0 Å². The number of amides is 1. The predicted octanol–water partition coefficient (Wildman–Crippen LogP) is 3.44. The zero-order chi connectivity index (χ0) is 27.8. The van der Waals surface area contributed by atoms with Crippen LogP contribution in [0.2, 0.25) is 0 Å². The molecule has 2 aromatic rings. The highest BCUT2D eigenvalue weighted by molar-refractivity contribution is 5.75. The number of nitrogens with zero attached hydrogens (tertiary/aromatic N) is 3. The minimum atomic E-state index is -4.29. The van der Waals surface area contributed by atoms with Crippen LogP contribution in [0.3, 0.4) is 0 Å². The van der Waals surface area contributed by atoms with Gasteiger partial charge < -0.3 is 14.5 Å². The fourth-order valence-electron chi connectivity index (χ4n) is 4.51. The first-order chi connectivity index (χ1) is 18.0. The van der Waals surface area contributed by atoms with Gasteiger partial charge in [-0.25, -0.2) is 4.98 Å². The molecule has 0 radical (unpaired) electrons. The molecule has 1 aromatic heterocycles. The quantitative estimate of drug-likeness (QED) is 0.315. The summed E-state index contributed by atoms with van der Waals surface area (Å²) in [5, 5.41) is 1.48. The number of carbonyl (C=O) groups excluding carboxylic acids is 2. The number of carbonyl (C=O) groups is 2. The molecule has 0 unspecified atom stereocenters. The number of hydrogen-bond acceptors (Lipinski definition) is 7. The monoisotopic (exact) mass is 534 g/mol. The van der Waals surface area contributed by atoms with Crippen molar-refractivity contribution in [3.63, 3.8) is 0 Å². The summed E-state index contributed by atoms with van der Waals surface area (Å²) in [5.41, 5.74) is 0.739. The molecule has 2 fully saturated rings. The zero-order valence-corrected chi connectivity index (χ0v) is 21.5. The lowest BCUT2D eigenvalue weighted by Gasteiger charge is -2.42. The standard InChI is InChI=1S/C24H29N3O3.C3H4F3NO/c1-4-8-19-15-20(29-22(19)28)17-26-11-13-27(14-12-26)24(2,3)23-25-16-21(30-23)18-9-6-5-7-10-18;4-3(5,6)1-7-2-8/h1,5-7,9-10,16,19-20H,8,11-15,17H2,2-3H3;2H,1H2,(H,7,8)/t19-,20+;/m1./s1. The number of aromatic nitrogens is 1. The Morgan fingerprint density at radius 3 is 2.45 bits per heavy atom. The summed E-state index contributed by atoms with van der Waals surface area (Å²) in [5.74, 6) is 3.83. The number of rotatable bonds is 8. The first-order valence-electron chi connectivity index (χ1n) is 12.4. The maximum Gasteiger partial charge on any atom is 0.405 e. The van der Waals surface area contributed by atoms with Gasteiger partial charge in [-0.15, -0.1) is 12.3 Å². The van der Waals surface area contributed by atoms with Crippen LogP contribution in [0.4, 0.5) is 13.2 Å². The number of ether oxygens (including phenoxy) is 1. The Morgan fingerprint density at radius 1 is 1.18 bits per heavy atom. The molecule has 8 nitrogen and oxygen atoms in total. The highest BCUT2D eigenvalue weighted by atomic mass is 19.4. The van der Waals surface area contributed by atoms with Gasteiger partial charge in [-0.2, -0.15) is 13.2 Å². The van der Waals surface area contributed by atoms with Crippen molar-refractivity contribution in [2.45, 2.75) is 44.5 Å². The Balaban J connectivity index is 0.000000436. The Labute approximate surface area is 220 Å². The molecule has 2 aliphatic heterocycles. The van der Waals surface area contributed by atoms with Gasteiger partial charge in [0, 0.05) is 44.7 Å². The minimum absolute atomic E-state index is 0.00743. The largest absolute Gasteiger partial charge is 0.461 e. The Kier molecular flexibility index (Phi) is 9.94. The van der Waals surface area contributed by atoms with Crippen molar-refractivity contribution in [2.75, 3.05) is 39.3 Å². The summed E-state index contributed by atoms with van der Waals surface area (Å²) in [6, 6.07) is 10.0. The number of hydrogen-bond donors (Lipinski definition) is 1. The van der Waals surface area contributed by atoms with Gasteiger partial charge in [0.15, 0.2) is 5.76 Å². The van der Waals surface area contributed by atoms with Crippen molar-refractivity contribution in [2.24, 2.45) is 5.92 Å². The van der Waals surface area contributed by atoms with E-state index in [0.717, 1.165) is 56.4 Å². The summed E-state index contributed by atoms with van der Waals surface area (Å²) in [6.07, 6.45) is 4.03. The lowest BCUT2D eigenvalue weighted by molar-refractivity contribution is -0.145. The van der Waals surface area contributed by atoms with Crippen molar-refractivity contribution in [3.05, 3.63) is 42.4 Å². The van der Waals surface area contributed by atoms with E-state index in [2.05, 4.69) is 34.6 Å². The van der Waals surface area contributed by atoms with Crippen LogP contribution in [0.15, 0.2) is 40.9 Å². The number of oxazole rings is 1. The molecule has 206 valence electrons. The number of halogens is 3. The van der Waals surface area contributed by atoms with Gasteiger partial charge in [0.1, 0.15) is 12.6 Å². The average Bonchev–Trinajstić information content (AvgIpc) is 3.52. The Hall–Kier alpha value is -3.36. The summed E-state index contributed by atoms with van der Waals surface area (Å²) in [4.78, 5) is 30.5. The lowest BCUT2D eigenvalue weighted by Crippen LogP contribution is -2.54.